The van der Waals surface area contributed by atoms with Crippen LogP contribution in [0.25, 0.3) is 0 Å². The van der Waals surface area contributed by atoms with E-state index in [0.29, 0.717) is 27.9 Å². The molecule has 1 aromatic heterocycles. The van der Waals surface area contributed by atoms with Gasteiger partial charge in [-0.15, -0.1) is 0 Å². The molecule has 0 amide bonds. The minimum atomic E-state index is -0.0560. The van der Waals surface area contributed by atoms with Crippen molar-refractivity contribution < 1.29 is 0 Å². The lowest BCUT2D eigenvalue weighted by Crippen LogP contribution is -2.26. The molecular weight excluding hydrogens is 317 g/mol. The van der Waals surface area contributed by atoms with Gasteiger partial charge in [-0.1, -0.05) is 40.9 Å². The molecule has 0 bridgehead atoms. The van der Waals surface area contributed by atoms with E-state index in [-0.39, 0.29) is 6.04 Å². The average molecular weight is 333 g/mol. The number of benzene rings is 1. The van der Waals surface area contributed by atoms with Crippen molar-refractivity contribution in [2.24, 2.45) is 12.8 Å². The van der Waals surface area contributed by atoms with Crippen LogP contribution in [0, 0.1) is 6.92 Å². The Labute approximate surface area is 133 Å². The molecule has 0 fully saturated rings. The molecule has 2 N–H and O–H groups in total. The molecular formula is C14H16Cl3N3. The summed E-state index contributed by atoms with van der Waals surface area (Å²) in [6.45, 7) is 1.89. The summed E-state index contributed by atoms with van der Waals surface area (Å²) in [6, 6.07) is 5.51. The summed E-state index contributed by atoms with van der Waals surface area (Å²) in [5.74, 6) is 0. The molecule has 2 rings (SSSR count). The minimum absolute atomic E-state index is 0.0560. The van der Waals surface area contributed by atoms with Gasteiger partial charge in [0.1, 0.15) is 0 Å². The molecule has 1 heterocycles. The van der Waals surface area contributed by atoms with E-state index in [1.807, 2.05) is 26.1 Å². The van der Waals surface area contributed by atoms with Crippen molar-refractivity contribution in [3.63, 3.8) is 0 Å². The van der Waals surface area contributed by atoms with Crippen LogP contribution in [0.1, 0.15) is 17.0 Å². The second-order valence-corrected chi connectivity index (χ2v) is 6.08. The molecule has 2 aromatic rings. The van der Waals surface area contributed by atoms with Crippen LogP contribution in [-0.4, -0.2) is 15.8 Å². The molecule has 0 radical (unpaired) electrons. The number of aromatic nitrogens is 2. The van der Waals surface area contributed by atoms with E-state index >= 15 is 0 Å². The molecule has 0 aliphatic heterocycles. The van der Waals surface area contributed by atoms with Gasteiger partial charge in [0.25, 0.3) is 0 Å². The van der Waals surface area contributed by atoms with Crippen molar-refractivity contribution >= 4 is 34.8 Å². The summed E-state index contributed by atoms with van der Waals surface area (Å²) < 4.78 is 1.78. The van der Waals surface area contributed by atoms with Gasteiger partial charge in [-0.25, -0.2) is 0 Å². The van der Waals surface area contributed by atoms with Gasteiger partial charge in [0.2, 0.25) is 0 Å². The fourth-order valence-corrected chi connectivity index (χ4v) is 2.75. The summed E-state index contributed by atoms with van der Waals surface area (Å²) in [4.78, 5) is 0. The standard InChI is InChI=1S/C14H16Cl3N3/c1-8-14(17)13(20(2)19-8)7-10(18)5-9-3-4-11(15)12(16)6-9/h3-4,6,10H,5,7,18H2,1-2H3. The zero-order valence-corrected chi connectivity index (χ0v) is 13.6. The van der Waals surface area contributed by atoms with Crippen molar-refractivity contribution in [1.82, 2.24) is 9.78 Å². The highest BCUT2D eigenvalue weighted by Gasteiger charge is 2.15. The first-order chi connectivity index (χ1) is 9.38. The van der Waals surface area contributed by atoms with Crippen molar-refractivity contribution in [1.29, 1.82) is 0 Å². The third-order valence-electron chi connectivity index (χ3n) is 3.20. The maximum absolute atomic E-state index is 6.23. The Morgan fingerprint density at radius 3 is 2.45 bits per heavy atom. The molecule has 0 aliphatic rings. The van der Waals surface area contributed by atoms with Crippen LogP contribution >= 0.6 is 34.8 Å². The Balaban J connectivity index is 2.08. The van der Waals surface area contributed by atoms with Gasteiger partial charge < -0.3 is 5.73 Å². The normalized spacial score (nSPS) is 12.7. The summed E-state index contributed by atoms with van der Waals surface area (Å²) in [6.07, 6.45) is 1.37. The van der Waals surface area contributed by atoms with E-state index in [1.165, 1.54) is 0 Å². The Bertz CT molecular complexity index is 622. The highest BCUT2D eigenvalue weighted by molar-refractivity contribution is 6.42. The van der Waals surface area contributed by atoms with Crippen LogP contribution in [0.15, 0.2) is 18.2 Å². The van der Waals surface area contributed by atoms with E-state index in [9.17, 15) is 0 Å². The molecule has 1 unspecified atom stereocenters. The highest BCUT2D eigenvalue weighted by atomic mass is 35.5. The fourth-order valence-electron chi connectivity index (χ4n) is 2.19. The van der Waals surface area contributed by atoms with Crippen molar-refractivity contribution in [3.8, 4) is 0 Å². The lowest BCUT2D eigenvalue weighted by atomic mass is 10.0. The zero-order chi connectivity index (χ0) is 14.9. The summed E-state index contributed by atoms with van der Waals surface area (Å²) >= 11 is 18.1. The van der Waals surface area contributed by atoms with Crippen LogP contribution in [0.4, 0.5) is 0 Å². The smallest absolute Gasteiger partial charge is 0.0847 e. The second-order valence-electron chi connectivity index (χ2n) is 4.89. The largest absolute Gasteiger partial charge is 0.327 e. The van der Waals surface area contributed by atoms with Crippen molar-refractivity contribution in [3.05, 3.63) is 50.2 Å². The van der Waals surface area contributed by atoms with E-state index in [4.69, 9.17) is 40.5 Å². The number of rotatable bonds is 4. The number of hydrogen-bond donors (Lipinski definition) is 1. The summed E-state index contributed by atoms with van der Waals surface area (Å²) in [5, 5.41) is 6.08. The maximum Gasteiger partial charge on any atom is 0.0847 e. The number of aryl methyl sites for hydroxylation is 2. The highest BCUT2D eigenvalue weighted by Crippen LogP contribution is 2.24. The summed E-state index contributed by atoms with van der Waals surface area (Å²) in [5.41, 5.74) is 9.03. The third-order valence-corrected chi connectivity index (χ3v) is 4.43. The van der Waals surface area contributed by atoms with Gasteiger partial charge in [0.05, 0.1) is 26.5 Å². The molecule has 20 heavy (non-hydrogen) atoms. The van der Waals surface area contributed by atoms with Crippen LogP contribution in [0.5, 0.6) is 0 Å². The Hall–Kier alpha value is -0.740. The monoisotopic (exact) mass is 331 g/mol. The average Bonchev–Trinajstić information content (AvgIpc) is 2.61. The van der Waals surface area contributed by atoms with Gasteiger partial charge in [-0.05, 0) is 31.0 Å². The Morgan fingerprint density at radius 1 is 1.20 bits per heavy atom. The minimum Gasteiger partial charge on any atom is -0.327 e. The van der Waals surface area contributed by atoms with E-state index < -0.39 is 0 Å². The van der Waals surface area contributed by atoms with Gasteiger partial charge in [-0.3, -0.25) is 4.68 Å². The number of hydrogen-bond acceptors (Lipinski definition) is 2. The predicted octanol–water partition coefficient (Wildman–Crippen LogP) is 3.80. The maximum atomic E-state index is 6.23. The van der Waals surface area contributed by atoms with Gasteiger partial charge in [0.15, 0.2) is 0 Å². The van der Waals surface area contributed by atoms with Crippen LogP contribution < -0.4 is 5.73 Å². The molecule has 1 aromatic carbocycles. The topological polar surface area (TPSA) is 43.8 Å². The van der Waals surface area contributed by atoms with Gasteiger partial charge >= 0.3 is 0 Å². The Kier molecular flexibility index (Phi) is 4.97. The number of nitrogens with zero attached hydrogens (tertiary/aromatic N) is 2. The molecule has 0 spiro atoms. The molecule has 108 valence electrons. The SMILES string of the molecule is Cc1nn(C)c(CC(N)Cc2ccc(Cl)c(Cl)c2)c1Cl. The van der Waals surface area contributed by atoms with E-state index in [0.717, 1.165) is 17.0 Å². The van der Waals surface area contributed by atoms with Crippen molar-refractivity contribution in [2.75, 3.05) is 0 Å². The number of halogens is 3. The van der Waals surface area contributed by atoms with E-state index in [2.05, 4.69) is 5.10 Å². The fraction of sp³-hybridized carbons (Fsp3) is 0.357. The lowest BCUT2D eigenvalue weighted by molar-refractivity contribution is 0.612. The van der Waals surface area contributed by atoms with Crippen LogP contribution in [-0.2, 0) is 19.9 Å². The molecule has 0 saturated carbocycles. The molecule has 0 aliphatic carbocycles. The van der Waals surface area contributed by atoms with E-state index in [1.54, 1.807) is 10.7 Å². The first kappa shape index (κ1) is 15.6. The van der Waals surface area contributed by atoms with Gasteiger partial charge in [-0.2, -0.15) is 5.10 Å². The molecule has 0 saturated heterocycles. The van der Waals surface area contributed by atoms with Crippen molar-refractivity contribution in [2.45, 2.75) is 25.8 Å². The first-order valence-corrected chi connectivity index (χ1v) is 7.39. The van der Waals surface area contributed by atoms with Crippen LogP contribution in [0.3, 0.4) is 0 Å². The molecule has 3 nitrogen and oxygen atoms in total. The van der Waals surface area contributed by atoms with Crippen LogP contribution in [0.2, 0.25) is 15.1 Å². The lowest BCUT2D eigenvalue weighted by Gasteiger charge is -2.13. The number of nitrogens with two attached hydrogens (primary N) is 1. The predicted molar refractivity (Wildman–Crippen MR) is 84.8 cm³/mol. The quantitative estimate of drug-likeness (QED) is 0.925. The molecule has 1 atom stereocenters. The second kappa shape index (κ2) is 6.35. The third kappa shape index (κ3) is 3.47. The van der Waals surface area contributed by atoms with Gasteiger partial charge in [0, 0.05) is 19.5 Å². The molecule has 6 heteroatoms. The Morgan fingerprint density at radius 2 is 1.90 bits per heavy atom. The zero-order valence-electron chi connectivity index (χ0n) is 11.3. The first-order valence-electron chi connectivity index (χ1n) is 6.26. The summed E-state index contributed by atoms with van der Waals surface area (Å²) in [7, 11) is 1.88.